The molecule has 3 aromatic carbocycles. The minimum atomic E-state index is 0.149. The number of carbonyl (C=O) groups excluding carboxylic acids is 1. The van der Waals surface area contributed by atoms with Crippen molar-refractivity contribution in [2.45, 2.75) is 6.42 Å². The summed E-state index contributed by atoms with van der Waals surface area (Å²) in [5.74, 6) is 0.149. The van der Waals surface area contributed by atoms with Crippen LogP contribution in [-0.4, -0.2) is 55.0 Å². The van der Waals surface area contributed by atoms with E-state index in [1.807, 2.05) is 35.2 Å². The third kappa shape index (κ3) is 4.32. The largest absolute Gasteiger partial charge is 0.340 e. The summed E-state index contributed by atoms with van der Waals surface area (Å²) in [6, 6.07) is 26.9. The molecule has 0 N–H and O–H groups in total. The third-order valence-corrected chi connectivity index (χ3v) is 6.43. The standard InChI is InChI=1S/C28H29N3O/c32-28(25-11-2-1-3-12-25)30-21-19-29(20-22-30)17-8-18-31-26-13-6-4-9-23(26)15-16-24-10-5-7-14-27(24)31/h1-7,9-16H,8,17-22H2. The Kier molecular flexibility index (Phi) is 6.04. The molecule has 1 fully saturated rings. The van der Waals surface area contributed by atoms with Gasteiger partial charge < -0.3 is 9.80 Å². The number of piperazine rings is 1. The number of rotatable bonds is 5. The second-order valence-corrected chi connectivity index (χ2v) is 8.46. The van der Waals surface area contributed by atoms with Gasteiger partial charge in [0.15, 0.2) is 0 Å². The van der Waals surface area contributed by atoms with Gasteiger partial charge in [-0.05, 0) is 48.4 Å². The van der Waals surface area contributed by atoms with E-state index in [0.29, 0.717) is 0 Å². The molecule has 3 aromatic rings. The van der Waals surface area contributed by atoms with E-state index in [0.717, 1.165) is 51.3 Å². The number of anilines is 2. The zero-order valence-corrected chi connectivity index (χ0v) is 18.4. The van der Waals surface area contributed by atoms with Gasteiger partial charge in [0.25, 0.3) is 5.91 Å². The van der Waals surface area contributed by atoms with Gasteiger partial charge in [0, 0.05) is 49.7 Å². The maximum Gasteiger partial charge on any atom is 0.253 e. The fourth-order valence-corrected chi connectivity index (χ4v) is 4.69. The highest BCUT2D eigenvalue weighted by molar-refractivity contribution is 5.94. The van der Waals surface area contributed by atoms with Crippen LogP contribution < -0.4 is 4.90 Å². The van der Waals surface area contributed by atoms with Gasteiger partial charge in [0.05, 0.1) is 0 Å². The quantitative estimate of drug-likeness (QED) is 0.567. The first kappa shape index (κ1) is 20.5. The minimum Gasteiger partial charge on any atom is -0.340 e. The fraction of sp³-hybridized carbons (Fsp3) is 0.250. The molecular weight excluding hydrogens is 394 g/mol. The molecule has 0 aliphatic carbocycles. The first-order valence-electron chi connectivity index (χ1n) is 11.5. The van der Waals surface area contributed by atoms with Crippen LogP contribution in [-0.2, 0) is 0 Å². The van der Waals surface area contributed by atoms with E-state index in [9.17, 15) is 4.79 Å². The Bertz CT molecular complexity index is 1050. The molecule has 1 amide bonds. The van der Waals surface area contributed by atoms with E-state index < -0.39 is 0 Å². The monoisotopic (exact) mass is 423 g/mol. The van der Waals surface area contributed by atoms with Crippen molar-refractivity contribution < 1.29 is 4.79 Å². The van der Waals surface area contributed by atoms with Crippen molar-refractivity contribution >= 4 is 29.4 Å². The average Bonchev–Trinajstić information content (AvgIpc) is 3.02. The lowest BCUT2D eigenvalue weighted by atomic mass is 10.1. The van der Waals surface area contributed by atoms with Crippen molar-refractivity contribution in [3.05, 3.63) is 95.6 Å². The first-order chi connectivity index (χ1) is 15.8. The van der Waals surface area contributed by atoms with Crippen LogP contribution in [0.2, 0.25) is 0 Å². The second-order valence-electron chi connectivity index (χ2n) is 8.46. The van der Waals surface area contributed by atoms with Crippen molar-refractivity contribution in [1.82, 2.24) is 9.80 Å². The Balaban J connectivity index is 1.20. The van der Waals surface area contributed by atoms with Crippen LogP contribution >= 0.6 is 0 Å². The molecule has 2 aliphatic heterocycles. The summed E-state index contributed by atoms with van der Waals surface area (Å²) in [7, 11) is 0. The molecule has 32 heavy (non-hydrogen) atoms. The zero-order valence-electron chi connectivity index (χ0n) is 18.4. The summed E-state index contributed by atoms with van der Waals surface area (Å²) in [6.45, 7) is 5.49. The molecule has 2 aliphatic rings. The molecule has 0 unspecified atom stereocenters. The molecule has 4 nitrogen and oxygen atoms in total. The Labute approximate surface area is 190 Å². The maximum atomic E-state index is 12.7. The molecule has 0 spiro atoms. The lowest BCUT2D eigenvalue weighted by Crippen LogP contribution is -2.49. The van der Waals surface area contributed by atoms with Gasteiger partial charge >= 0.3 is 0 Å². The number of nitrogens with zero attached hydrogens (tertiary/aromatic N) is 3. The third-order valence-electron chi connectivity index (χ3n) is 6.43. The predicted octanol–water partition coefficient (Wildman–Crippen LogP) is 5.16. The second kappa shape index (κ2) is 9.41. The summed E-state index contributed by atoms with van der Waals surface area (Å²) in [5.41, 5.74) is 5.85. The Hall–Kier alpha value is -3.37. The van der Waals surface area contributed by atoms with Crippen LogP contribution in [0.25, 0.3) is 12.2 Å². The van der Waals surface area contributed by atoms with Crippen LogP contribution in [0.4, 0.5) is 11.4 Å². The highest BCUT2D eigenvalue weighted by Gasteiger charge is 2.22. The SMILES string of the molecule is O=C(c1ccccc1)N1CCN(CCCN2c3ccccc3C=Cc3ccccc32)CC1. The molecule has 0 bridgehead atoms. The maximum absolute atomic E-state index is 12.7. The van der Waals surface area contributed by atoms with Crippen molar-refractivity contribution in [1.29, 1.82) is 0 Å². The molecule has 0 saturated carbocycles. The number of fused-ring (bicyclic) bond motifs is 2. The highest BCUT2D eigenvalue weighted by Crippen LogP contribution is 2.36. The number of carbonyl (C=O) groups is 1. The summed E-state index contributed by atoms with van der Waals surface area (Å²) < 4.78 is 0. The number of benzene rings is 3. The number of amides is 1. The lowest BCUT2D eigenvalue weighted by molar-refractivity contribution is 0.0636. The van der Waals surface area contributed by atoms with Crippen LogP contribution in [0.3, 0.4) is 0 Å². The van der Waals surface area contributed by atoms with Gasteiger partial charge in [-0.25, -0.2) is 0 Å². The van der Waals surface area contributed by atoms with E-state index in [1.54, 1.807) is 0 Å². The Morgan fingerprint density at radius 3 is 1.84 bits per heavy atom. The van der Waals surface area contributed by atoms with Crippen molar-refractivity contribution in [3.8, 4) is 0 Å². The highest BCUT2D eigenvalue weighted by atomic mass is 16.2. The van der Waals surface area contributed by atoms with E-state index in [4.69, 9.17) is 0 Å². The summed E-state index contributed by atoms with van der Waals surface area (Å²) >= 11 is 0. The molecule has 1 saturated heterocycles. The minimum absolute atomic E-state index is 0.149. The fourth-order valence-electron chi connectivity index (χ4n) is 4.69. The van der Waals surface area contributed by atoms with Crippen LogP contribution in [0, 0.1) is 0 Å². The van der Waals surface area contributed by atoms with Crippen molar-refractivity contribution in [2.24, 2.45) is 0 Å². The summed E-state index contributed by atoms with van der Waals surface area (Å²) in [4.78, 5) is 19.6. The van der Waals surface area contributed by atoms with Crippen LogP contribution in [0.5, 0.6) is 0 Å². The van der Waals surface area contributed by atoms with Gasteiger partial charge in [-0.1, -0.05) is 66.7 Å². The average molecular weight is 424 g/mol. The van der Waals surface area contributed by atoms with Gasteiger partial charge in [-0.3, -0.25) is 9.69 Å². The molecule has 162 valence electrons. The van der Waals surface area contributed by atoms with Crippen LogP contribution in [0.1, 0.15) is 27.9 Å². The topological polar surface area (TPSA) is 26.8 Å². The lowest BCUT2D eigenvalue weighted by Gasteiger charge is -2.35. The Morgan fingerprint density at radius 2 is 1.22 bits per heavy atom. The van der Waals surface area contributed by atoms with E-state index in [2.05, 4.69) is 70.5 Å². The number of hydrogen-bond donors (Lipinski definition) is 0. The summed E-state index contributed by atoms with van der Waals surface area (Å²) in [5, 5.41) is 0. The van der Waals surface area contributed by atoms with Gasteiger partial charge in [0.2, 0.25) is 0 Å². The molecule has 0 aromatic heterocycles. The van der Waals surface area contributed by atoms with Crippen molar-refractivity contribution in [3.63, 3.8) is 0 Å². The van der Waals surface area contributed by atoms with Gasteiger partial charge in [-0.2, -0.15) is 0 Å². The molecular formula is C28H29N3O. The normalized spacial score (nSPS) is 15.8. The van der Waals surface area contributed by atoms with Gasteiger partial charge in [0.1, 0.15) is 0 Å². The molecule has 0 radical (unpaired) electrons. The molecule has 5 rings (SSSR count). The molecule has 4 heteroatoms. The van der Waals surface area contributed by atoms with E-state index in [-0.39, 0.29) is 5.91 Å². The molecule has 2 heterocycles. The first-order valence-corrected chi connectivity index (χ1v) is 11.5. The van der Waals surface area contributed by atoms with Crippen LogP contribution in [0.15, 0.2) is 78.9 Å². The summed E-state index contributed by atoms with van der Waals surface area (Å²) in [6.07, 6.45) is 5.52. The van der Waals surface area contributed by atoms with E-state index >= 15 is 0 Å². The zero-order chi connectivity index (χ0) is 21.8. The predicted molar refractivity (Wildman–Crippen MR) is 132 cm³/mol. The number of para-hydroxylation sites is 2. The van der Waals surface area contributed by atoms with E-state index in [1.165, 1.54) is 22.5 Å². The van der Waals surface area contributed by atoms with Crippen molar-refractivity contribution in [2.75, 3.05) is 44.2 Å². The smallest absolute Gasteiger partial charge is 0.253 e. The molecule has 0 atom stereocenters. The van der Waals surface area contributed by atoms with Gasteiger partial charge in [-0.15, -0.1) is 0 Å². The Morgan fingerprint density at radius 1 is 0.656 bits per heavy atom. The number of hydrogen-bond acceptors (Lipinski definition) is 3.